The summed E-state index contributed by atoms with van der Waals surface area (Å²) in [5.41, 5.74) is 2.58. The topological polar surface area (TPSA) is 4.93 Å². The van der Waals surface area contributed by atoms with Gasteiger partial charge in [-0.05, 0) is 40.5 Å². The standard InChI is InChI=1S/C10H10BrN/c1-7-3-4-8-6-10(11)12(2)9(8)5-7/h3-6H,1-2H3. The van der Waals surface area contributed by atoms with Crippen LogP contribution in [0.1, 0.15) is 5.56 Å². The smallest absolute Gasteiger partial charge is 0.0854 e. The average molecular weight is 224 g/mol. The van der Waals surface area contributed by atoms with Crippen LogP contribution in [0.5, 0.6) is 0 Å². The first-order valence-corrected chi connectivity index (χ1v) is 4.69. The van der Waals surface area contributed by atoms with Gasteiger partial charge in [0.15, 0.2) is 0 Å². The van der Waals surface area contributed by atoms with Crippen LogP contribution in [0.25, 0.3) is 10.9 Å². The number of aryl methyl sites for hydroxylation is 2. The van der Waals surface area contributed by atoms with Gasteiger partial charge in [-0.15, -0.1) is 0 Å². The second kappa shape index (κ2) is 2.63. The van der Waals surface area contributed by atoms with Crippen LogP contribution in [0, 0.1) is 6.92 Å². The van der Waals surface area contributed by atoms with Crippen molar-refractivity contribution in [3.63, 3.8) is 0 Å². The molecule has 0 aliphatic carbocycles. The lowest BCUT2D eigenvalue weighted by molar-refractivity contribution is 0.940. The van der Waals surface area contributed by atoms with E-state index in [1.54, 1.807) is 0 Å². The highest BCUT2D eigenvalue weighted by Gasteiger charge is 2.01. The largest absolute Gasteiger partial charge is 0.338 e. The van der Waals surface area contributed by atoms with Gasteiger partial charge < -0.3 is 4.57 Å². The number of aromatic nitrogens is 1. The molecule has 0 atom stereocenters. The van der Waals surface area contributed by atoms with Crippen molar-refractivity contribution in [2.45, 2.75) is 6.92 Å². The van der Waals surface area contributed by atoms with E-state index < -0.39 is 0 Å². The number of rotatable bonds is 0. The molecule has 0 saturated heterocycles. The maximum Gasteiger partial charge on any atom is 0.0854 e. The summed E-state index contributed by atoms with van der Waals surface area (Å²) in [5, 5.41) is 1.29. The highest BCUT2D eigenvalue weighted by atomic mass is 79.9. The van der Waals surface area contributed by atoms with E-state index in [2.05, 4.69) is 58.7 Å². The molecule has 1 aromatic heterocycles. The van der Waals surface area contributed by atoms with Gasteiger partial charge in [0.05, 0.1) is 4.60 Å². The third kappa shape index (κ3) is 1.07. The molecule has 0 bridgehead atoms. The van der Waals surface area contributed by atoms with E-state index in [0.29, 0.717) is 0 Å². The Labute approximate surface area is 80.1 Å². The Morgan fingerprint density at radius 3 is 2.75 bits per heavy atom. The highest BCUT2D eigenvalue weighted by molar-refractivity contribution is 9.10. The first kappa shape index (κ1) is 7.87. The van der Waals surface area contributed by atoms with Gasteiger partial charge in [-0.1, -0.05) is 12.1 Å². The summed E-state index contributed by atoms with van der Waals surface area (Å²) in [6, 6.07) is 8.61. The third-order valence-corrected chi connectivity index (χ3v) is 2.90. The van der Waals surface area contributed by atoms with Crippen molar-refractivity contribution in [2.24, 2.45) is 7.05 Å². The molecule has 2 heteroatoms. The van der Waals surface area contributed by atoms with Gasteiger partial charge in [-0.3, -0.25) is 0 Å². The first-order valence-electron chi connectivity index (χ1n) is 3.90. The van der Waals surface area contributed by atoms with E-state index >= 15 is 0 Å². The molecule has 0 aliphatic heterocycles. The van der Waals surface area contributed by atoms with Gasteiger partial charge in [-0.2, -0.15) is 0 Å². The molecule has 0 spiro atoms. The van der Waals surface area contributed by atoms with Crippen molar-refractivity contribution in [2.75, 3.05) is 0 Å². The second-order valence-electron chi connectivity index (χ2n) is 3.09. The van der Waals surface area contributed by atoms with E-state index in [0.717, 1.165) is 4.60 Å². The molecule has 1 nitrogen and oxygen atoms in total. The lowest BCUT2D eigenvalue weighted by Crippen LogP contribution is -1.86. The molecular weight excluding hydrogens is 214 g/mol. The van der Waals surface area contributed by atoms with Crippen molar-refractivity contribution in [3.05, 3.63) is 34.4 Å². The normalized spacial score (nSPS) is 10.9. The summed E-state index contributed by atoms with van der Waals surface area (Å²) in [5.74, 6) is 0. The van der Waals surface area contributed by atoms with Crippen LogP contribution in [0.4, 0.5) is 0 Å². The Hall–Kier alpha value is -0.760. The number of benzene rings is 1. The van der Waals surface area contributed by atoms with Crippen LogP contribution in [0.3, 0.4) is 0 Å². The van der Waals surface area contributed by atoms with Gasteiger partial charge in [0, 0.05) is 18.0 Å². The Balaban J connectivity index is 2.88. The zero-order valence-corrected chi connectivity index (χ0v) is 8.72. The van der Waals surface area contributed by atoms with Crippen LogP contribution in [0.15, 0.2) is 28.9 Å². The maximum atomic E-state index is 3.50. The summed E-state index contributed by atoms with van der Waals surface area (Å²) in [6.07, 6.45) is 0. The Morgan fingerprint density at radius 2 is 2.00 bits per heavy atom. The number of nitrogens with zero attached hydrogens (tertiary/aromatic N) is 1. The molecule has 62 valence electrons. The van der Waals surface area contributed by atoms with Crippen LogP contribution in [0.2, 0.25) is 0 Å². The molecule has 2 rings (SSSR count). The van der Waals surface area contributed by atoms with Crippen LogP contribution in [-0.4, -0.2) is 4.57 Å². The lowest BCUT2D eigenvalue weighted by atomic mass is 10.2. The molecule has 2 aromatic rings. The predicted molar refractivity (Wildman–Crippen MR) is 55.4 cm³/mol. The van der Waals surface area contributed by atoms with E-state index in [1.807, 2.05) is 0 Å². The SMILES string of the molecule is Cc1ccc2cc(Br)n(C)c2c1. The molecule has 0 radical (unpaired) electrons. The molecule has 0 unspecified atom stereocenters. The van der Waals surface area contributed by atoms with Gasteiger partial charge in [-0.25, -0.2) is 0 Å². The monoisotopic (exact) mass is 223 g/mol. The summed E-state index contributed by atoms with van der Waals surface area (Å²) in [4.78, 5) is 0. The minimum atomic E-state index is 1.13. The quantitative estimate of drug-likeness (QED) is 0.647. The molecule has 0 fully saturated rings. The number of halogens is 1. The maximum absolute atomic E-state index is 3.50. The zero-order chi connectivity index (χ0) is 8.72. The number of fused-ring (bicyclic) bond motifs is 1. The molecule has 1 aromatic carbocycles. The third-order valence-electron chi connectivity index (χ3n) is 2.14. The molecule has 0 N–H and O–H groups in total. The van der Waals surface area contributed by atoms with E-state index in [-0.39, 0.29) is 0 Å². The van der Waals surface area contributed by atoms with Gasteiger partial charge in [0.25, 0.3) is 0 Å². The highest BCUT2D eigenvalue weighted by Crippen LogP contribution is 2.23. The van der Waals surface area contributed by atoms with Crippen molar-refractivity contribution >= 4 is 26.8 Å². The summed E-state index contributed by atoms with van der Waals surface area (Å²) in [7, 11) is 2.06. The van der Waals surface area contributed by atoms with Gasteiger partial charge in [0.2, 0.25) is 0 Å². The zero-order valence-electron chi connectivity index (χ0n) is 7.13. The van der Waals surface area contributed by atoms with Crippen LogP contribution < -0.4 is 0 Å². The lowest BCUT2D eigenvalue weighted by Gasteiger charge is -1.98. The molecular formula is C10H10BrN. The van der Waals surface area contributed by atoms with E-state index in [9.17, 15) is 0 Å². The fourth-order valence-corrected chi connectivity index (χ4v) is 1.84. The Kier molecular flexibility index (Phi) is 1.72. The second-order valence-corrected chi connectivity index (χ2v) is 3.90. The Bertz CT molecular complexity index is 429. The molecule has 0 amide bonds. The molecule has 0 aliphatic rings. The predicted octanol–water partition coefficient (Wildman–Crippen LogP) is 3.25. The number of hydrogen-bond acceptors (Lipinski definition) is 0. The van der Waals surface area contributed by atoms with Crippen molar-refractivity contribution in [1.29, 1.82) is 0 Å². The van der Waals surface area contributed by atoms with Crippen molar-refractivity contribution in [3.8, 4) is 0 Å². The van der Waals surface area contributed by atoms with Gasteiger partial charge in [0.1, 0.15) is 0 Å². The fraction of sp³-hybridized carbons (Fsp3) is 0.200. The van der Waals surface area contributed by atoms with Crippen molar-refractivity contribution < 1.29 is 0 Å². The first-order chi connectivity index (χ1) is 5.68. The molecule has 1 heterocycles. The summed E-state index contributed by atoms with van der Waals surface area (Å²) >= 11 is 3.50. The average Bonchev–Trinajstić information content (AvgIpc) is 2.31. The minimum Gasteiger partial charge on any atom is -0.338 e. The van der Waals surface area contributed by atoms with Crippen LogP contribution in [-0.2, 0) is 7.05 Å². The van der Waals surface area contributed by atoms with E-state index in [4.69, 9.17) is 0 Å². The summed E-state index contributed by atoms with van der Waals surface area (Å²) < 4.78 is 3.27. The minimum absolute atomic E-state index is 1.13. The Morgan fingerprint density at radius 1 is 1.25 bits per heavy atom. The molecule has 12 heavy (non-hydrogen) atoms. The van der Waals surface area contributed by atoms with E-state index in [1.165, 1.54) is 16.5 Å². The van der Waals surface area contributed by atoms with Gasteiger partial charge >= 0.3 is 0 Å². The fourth-order valence-electron chi connectivity index (χ4n) is 1.41. The van der Waals surface area contributed by atoms with Crippen LogP contribution >= 0.6 is 15.9 Å². The molecule has 0 saturated carbocycles. The van der Waals surface area contributed by atoms with Crippen molar-refractivity contribution in [1.82, 2.24) is 4.57 Å². The summed E-state index contributed by atoms with van der Waals surface area (Å²) in [6.45, 7) is 2.11. The number of hydrogen-bond donors (Lipinski definition) is 0.